The predicted molar refractivity (Wildman–Crippen MR) is 87.5 cm³/mol. The molecule has 1 saturated carbocycles. The number of carbonyl (C=O) groups is 1. The topological polar surface area (TPSA) is 47.6 Å². The summed E-state index contributed by atoms with van der Waals surface area (Å²) in [4.78, 5) is 10.9. The van der Waals surface area contributed by atoms with Crippen molar-refractivity contribution in [3.8, 4) is 5.75 Å². The number of hydrogen-bond donors (Lipinski definition) is 1. The molecule has 0 aromatic heterocycles. The van der Waals surface area contributed by atoms with E-state index in [9.17, 15) is 4.79 Å². The number of esters is 1. The summed E-state index contributed by atoms with van der Waals surface area (Å²) in [6, 6.07) is 7.09. The molecule has 0 unspecified atom stereocenters. The van der Waals surface area contributed by atoms with Gasteiger partial charge in [0, 0.05) is 18.4 Å². The van der Waals surface area contributed by atoms with Crippen LogP contribution in [0.4, 0.5) is 0 Å². The van der Waals surface area contributed by atoms with Crippen molar-refractivity contribution in [2.75, 3.05) is 13.3 Å². The second kappa shape index (κ2) is 5.82. The van der Waals surface area contributed by atoms with Crippen LogP contribution in [0.5, 0.6) is 5.75 Å². The molecule has 1 N–H and O–H groups in total. The van der Waals surface area contributed by atoms with Crippen LogP contribution in [0.25, 0.3) is 0 Å². The Morgan fingerprint density at radius 3 is 3.13 bits per heavy atom. The number of fused-ring (bicyclic) bond motifs is 1. The Hall–Kier alpha value is -1.55. The Bertz CT molecular complexity index is 611. The summed E-state index contributed by atoms with van der Waals surface area (Å²) in [5, 5.41) is 3.76. The summed E-state index contributed by atoms with van der Waals surface area (Å²) in [7, 11) is 0. The van der Waals surface area contributed by atoms with Gasteiger partial charge in [-0.15, -0.1) is 0 Å². The standard InChI is InChI=1S/C19H25NO3/c1-13(21)22-12-23-15-6-5-14-10-18-16-4-2-3-7-19(16,8-9-20-18)17(14)11-15/h5-6,11,16,18,20H,2-4,7-10,12H2,1H3/t16-,18+,19+/m0/s1. The molecule has 124 valence electrons. The molecule has 1 aromatic rings. The summed E-state index contributed by atoms with van der Waals surface area (Å²) in [5.41, 5.74) is 3.31. The van der Waals surface area contributed by atoms with Gasteiger partial charge < -0.3 is 14.8 Å². The predicted octanol–water partition coefficient (Wildman–Crippen LogP) is 2.93. The van der Waals surface area contributed by atoms with E-state index in [-0.39, 0.29) is 12.8 Å². The molecule has 2 fully saturated rings. The zero-order valence-corrected chi connectivity index (χ0v) is 13.8. The van der Waals surface area contributed by atoms with E-state index in [0.717, 1.165) is 24.6 Å². The van der Waals surface area contributed by atoms with Gasteiger partial charge in [0.1, 0.15) is 5.75 Å². The molecule has 2 aliphatic carbocycles. The van der Waals surface area contributed by atoms with Gasteiger partial charge >= 0.3 is 5.97 Å². The van der Waals surface area contributed by atoms with Crippen molar-refractivity contribution in [3.05, 3.63) is 29.3 Å². The highest BCUT2D eigenvalue weighted by Crippen LogP contribution is 2.54. The molecule has 0 amide bonds. The molecule has 4 heteroatoms. The third-order valence-corrected chi connectivity index (χ3v) is 6.11. The van der Waals surface area contributed by atoms with Crippen LogP contribution in [-0.4, -0.2) is 25.3 Å². The van der Waals surface area contributed by atoms with Crippen LogP contribution in [0.1, 0.15) is 50.2 Å². The molecule has 0 spiro atoms. The molecule has 3 atom stereocenters. The van der Waals surface area contributed by atoms with Crippen molar-refractivity contribution in [2.45, 2.75) is 56.9 Å². The molecule has 23 heavy (non-hydrogen) atoms. The van der Waals surface area contributed by atoms with Crippen molar-refractivity contribution < 1.29 is 14.3 Å². The highest BCUT2D eigenvalue weighted by atomic mass is 16.7. The minimum Gasteiger partial charge on any atom is -0.457 e. The van der Waals surface area contributed by atoms with Crippen LogP contribution < -0.4 is 10.1 Å². The molecule has 1 aromatic carbocycles. The maximum absolute atomic E-state index is 10.9. The Morgan fingerprint density at radius 1 is 1.35 bits per heavy atom. The van der Waals surface area contributed by atoms with Gasteiger partial charge in [0.25, 0.3) is 0 Å². The van der Waals surface area contributed by atoms with E-state index in [1.165, 1.54) is 50.2 Å². The van der Waals surface area contributed by atoms with Crippen LogP contribution in [0, 0.1) is 5.92 Å². The van der Waals surface area contributed by atoms with E-state index in [2.05, 4.69) is 17.4 Å². The van der Waals surface area contributed by atoms with Gasteiger partial charge in [0.2, 0.25) is 6.79 Å². The monoisotopic (exact) mass is 315 g/mol. The minimum atomic E-state index is -0.310. The lowest BCUT2D eigenvalue weighted by Crippen LogP contribution is -2.59. The van der Waals surface area contributed by atoms with Crippen molar-refractivity contribution in [3.63, 3.8) is 0 Å². The van der Waals surface area contributed by atoms with E-state index in [0.29, 0.717) is 11.5 Å². The molecule has 1 aliphatic heterocycles. The Balaban J connectivity index is 1.65. The van der Waals surface area contributed by atoms with Crippen molar-refractivity contribution in [2.24, 2.45) is 5.92 Å². The fourth-order valence-corrected chi connectivity index (χ4v) is 5.17. The smallest absolute Gasteiger partial charge is 0.305 e. The Morgan fingerprint density at radius 2 is 2.26 bits per heavy atom. The summed E-state index contributed by atoms with van der Waals surface area (Å²) >= 11 is 0. The number of ether oxygens (including phenoxy) is 2. The maximum Gasteiger partial charge on any atom is 0.305 e. The van der Waals surface area contributed by atoms with E-state index in [1.54, 1.807) is 0 Å². The fourth-order valence-electron chi connectivity index (χ4n) is 5.17. The first-order chi connectivity index (χ1) is 11.2. The SMILES string of the molecule is CC(=O)OCOc1ccc2c(c1)[C@@]13CCCC[C@H]1[C@@H](C2)NCC3. The molecule has 4 nitrogen and oxygen atoms in total. The van der Waals surface area contributed by atoms with E-state index in [1.807, 2.05) is 6.07 Å². The highest BCUT2D eigenvalue weighted by Gasteiger charge is 2.51. The zero-order valence-electron chi connectivity index (χ0n) is 13.8. The normalized spacial score (nSPS) is 31.7. The van der Waals surface area contributed by atoms with Gasteiger partial charge in [-0.05, 0) is 61.4 Å². The fraction of sp³-hybridized carbons (Fsp3) is 0.632. The van der Waals surface area contributed by atoms with Crippen LogP contribution in [0.2, 0.25) is 0 Å². The van der Waals surface area contributed by atoms with Gasteiger partial charge in [0.15, 0.2) is 0 Å². The third-order valence-electron chi connectivity index (χ3n) is 6.11. The lowest BCUT2D eigenvalue weighted by molar-refractivity contribution is -0.147. The average molecular weight is 315 g/mol. The van der Waals surface area contributed by atoms with Crippen molar-refractivity contribution in [1.29, 1.82) is 0 Å². The molecule has 3 aliphatic rings. The van der Waals surface area contributed by atoms with Gasteiger partial charge in [0.05, 0.1) is 0 Å². The lowest BCUT2D eigenvalue weighted by atomic mass is 9.53. The van der Waals surface area contributed by atoms with Gasteiger partial charge in [-0.2, -0.15) is 0 Å². The summed E-state index contributed by atoms with van der Waals surface area (Å²) in [5.74, 6) is 1.27. The summed E-state index contributed by atoms with van der Waals surface area (Å²) in [6.45, 7) is 2.52. The zero-order chi connectivity index (χ0) is 15.9. The van der Waals surface area contributed by atoms with Crippen LogP contribution in [0.3, 0.4) is 0 Å². The molecule has 2 bridgehead atoms. The molecule has 1 heterocycles. The first-order valence-corrected chi connectivity index (χ1v) is 8.82. The Labute approximate surface area is 137 Å². The second-order valence-electron chi connectivity index (χ2n) is 7.24. The molecule has 4 rings (SSSR count). The highest BCUT2D eigenvalue weighted by molar-refractivity contribution is 5.65. The number of carbonyl (C=O) groups excluding carboxylic acids is 1. The minimum absolute atomic E-state index is 0.00523. The molecular formula is C19H25NO3. The number of benzene rings is 1. The maximum atomic E-state index is 10.9. The molecule has 0 radical (unpaired) electrons. The summed E-state index contributed by atoms with van der Waals surface area (Å²) in [6.07, 6.45) is 7.70. The third kappa shape index (κ3) is 2.53. The first kappa shape index (κ1) is 15.0. The van der Waals surface area contributed by atoms with Gasteiger partial charge in [-0.3, -0.25) is 4.79 Å². The van der Waals surface area contributed by atoms with Crippen LogP contribution in [-0.2, 0) is 21.4 Å². The van der Waals surface area contributed by atoms with E-state index >= 15 is 0 Å². The number of piperidine rings is 1. The average Bonchev–Trinajstić information content (AvgIpc) is 2.55. The van der Waals surface area contributed by atoms with Crippen LogP contribution in [0.15, 0.2) is 18.2 Å². The Kier molecular flexibility index (Phi) is 3.80. The molecular weight excluding hydrogens is 290 g/mol. The second-order valence-corrected chi connectivity index (χ2v) is 7.24. The quantitative estimate of drug-likeness (QED) is 0.688. The van der Waals surface area contributed by atoms with Crippen molar-refractivity contribution in [1.82, 2.24) is 5.32 Å². The van der Waals surface area contributed by atoms with E-state index in [4.69, 9.17) is 9.47 Å². The first-order valence-electron chi connectivity index (χ1n) is 8.82. The van der Waals surface area contributed by atoms with Gasteiger partial charge in [-0.1, -0.05) is 18.9 Å². The van der Waals surface area contributed by atoms with Crippen molar-refractivity contribution >= 4 is 5.97 Å². The van der Waals surface area contributed by atoms with Crippen LogP contribution >= 0.6 is 0 Å². The number of hydrogen-bond acceptors (Lipinski definition) is 4. The van der Waals surface area contributed by atoms with E-state index < -0.39 is 0 Å². The number of nitrogens with one attached hydrogen (secondary N) is 1. The molecule has 1 saturated heterocycles. The lowest BCUT2D eigenvalue weighted by Gasteiger charge is -2.56. The summed E-state index contributed by atoms with van der Waals surface area (Å²) < 4.78 is 10.5. The number of rotatable bonds is 3. The van der Waals surface area contributed by atoms with Gasteiger partial charge in [-0.25, -0.2) is 0 Å². The largest absolute Gasteiger partial charge is 0.457 e.